The van der Waals surface area contributed by atoms with E-state index in [-0.39, 0.29) is 22.2 Å². The summed E-state index contributed by atoms with van der Waals surface area (Å²) in [4.78, 5) is 3.76. The van der Waals surface area contributed by atoms with Crippen LogP contribution in [0.25, 0.3) is 11.5 Å². The first kappa shape index (κ1) is 16.5. The van der Waals surface area contributed by atoms with Gasteiger partial charge in [-0.2, -0.15) is 8.42 Å². The molecule has 1 unspecified atom stereocenters. The molecule has 0 fully saturated rings. The molecule has 0 spiro atoms. The maximum Gasteiger partial charge on any atom is 0.281 e. The van der Waals surface area contributed by atoms with Gasteiger partial charge in [0.05, 0.1) is 5.56 Å². The highest BCUT2D eigenvalue weighted by Crippen LogP contribution is 2.31. The molecule has 2 heterocycles. The minimum atomic E-state index is -4.64. The summed E-state index contributed by atoms with van der Waals surface area (Å²) < 4.78 is 52.0. The fourth-order valence-corrected chi connectivity index (χ4v) is 3.01. The van der Waals surface area contributed by atoms with E-state index in [1.807, 2.05) is 0 Å². The van der Waals surface area contributed by atoms with Crippen molar-refractivity contribution in [3.05, 3.63) is 65.0 Å². The van der Waals surface area contributed by atoms with E-state index in [0.29, 0.717) is 0 Å². The van der Waals surface area contributed by atoms with Gasteiger partial charge in [-0.05, 0) is 18.2 Å². The van der Waals surface area contributed by atoms with Crippen LogP contribution in [-0.2, 0) is 10.1 Å². The SMILES string of the molecule is O=S(=O)(O)C(c1ccc(Cl)nc1)c1nnc(-c2ccccc2F)o1. The van der Waals surface area contributed by atoms with Gasteiger partial charge < -0.3 is 4.42 Å². The Kier molecular flexibility index (Phi) is 4.31. The molecule has 0 aliphatic rings. The van der Waals surface area contributed by atoms with Gasteiger partial charge in [-0.3, -0.25) is 4.55 Å². The fraction of sp³-hybridized carbons (Fsp3) is 0.0714. The topological polar surface area (TPSA) is 106 Å². The maximum absolute atomic E-state index is 13.8. The van der Waals surface area contributed by atoms with Crippen LogP contribution in [0.4, 0.5) is 4.39 Å². The molecule has 0 amide bonds. The summed E-state index contributed by atoms with van der Waals surface area (Å²) in [6.07, 6.45) is 1.16. The molecule has 0 saturated carbocycles. The second-order valence-electron chi connectivity index (χ2n) is 4.73. The van der Waals surface area contributed by atoms with Crippen molar-refractivity contribution in [2.24, 2.45) is 0 Å². The van der Waals surface area contributed by atoms with Gasteiger partial charge in [-0.15, -0.1) is 10.2 Å². The van der Waals surface area contributed by atoms with Crippen LogP contribution in [0.5, 0.6) is 0 Å². The van der Waals surface area contributed by atoms with Gasteiger partial charge in [0.2, 0.25) is 5.89 Å². The van der Waals surface area contributed by atoms with Crippen molar-refractivity contribution in [1.82, 2.24) is 15.2 Å². The molecule has 0 aliphatic carbocycles. The Hall–Kier alpha value is -2.36. The molecule has 3 aromatic rings. The van der Waals surface area contributed by atoms with E-state index in [9.17, 15) is 17.4 Å². The van der Waals surface area contributed by atoms with Crippen LogP contribution in [0, 0.1) is 5.82 Å². The predicted molar refractivity (Wildman–Crippen MR) is 82.3 cm³/mol. The van der Waals surface area contributed by atoms with Crippen LogP contribution >= 0.6 is 11.6 Å². The van der Waals surface area contributed by atoms with E-state index < -0.39 is 27.1 Å². The van der Waals surface area contributed by atoms with Gasteiger partial charge in [0.1, 0.15) is 11.0 Å². The molecular weight excluding hydrogens is 361 g/mol. The lowest BCUT2D eigenvalue weighted by molar-refractivity contribution is 0.450. The van der Waals surface area contributed by atoms with Crippen LogP contribution in [0.15, 0.2) is 47.0 Å². The van der Waals surface area contributed by atoms with E-state index >= 15 is 0 Å². The summed E-state index contributed by atoms with van der Waals surface area (Å²) >= 11 is 5.66. The van der Waals surface area contributed by atoms with Crippen molar-refractivity contribution in [3.8, 4) is 11.5 Å². The van der Waals surface area contributed by atoms with E-state index in [0.717, 1.165) is 6.20 Å². The number of pyridine rings is 1. The molecule has 0 radical (unpaired) electrons. The van der Waals surface area contributed by atoms with Gasteiger partial charge in [-0.25, -0.2) is 9.37 Å². The number of aromatic nitrogens is 3. The third-order valence-corrected chi connectivity index (χ3v) is 4.41. The Balaban J connectivity index is 2.08. The fourth-order valence-electron chi connectivity index (χ4n) is 2.07. The first-order valence-corrected chi connectivity index (χ1v) is 8.40. The van der Waals surface area contributed by atoms with E-state index in [2.05, 4.69) is 15.2 Å². The standard InChI is InChI=1S/C14H9ClFN3O4S/c15-11-6-5-8(7-17-11)12(24(20,21)22)14-19-18-13(23-14)9-3-1-2-4-10(9)16/h1-7,12H,(H,20,21,22). The smallest absolute Gasteiger partial charge is 0.281 e. The molecule has 1 N–H and O–H groups in total. The first-order valence-electron chi connectivity index (χ1n) is 6.52. The summed E-state index contributed by atoms with van der Waals surface area (Å²) in [5.41, 5.74) is 0.0882. The molecule has 124 valence electrons. The minimum Gasteiger partial charge on any atom is -0.419 e. The number of rotatable bonds is 4. The Morgan fingerprint density at radius 2 is 1.92 bits per heavy atom. The van der Waals surface area contributed by atoms with Crippen molar-refractivity contribution >= 4 is 21.7 Å². The Morgan fingerprint density at radius 3 is 2.54 bits per heavy atom. The molecule has 1 atom stereocenters. The largest absolute Gasteiger partial charge is 0.419 e. The van der Waals surface area contributed by atoms with Gasteiger partial charge >= 0.3 is 0 Å². The van der Waals surface area contributed by atoms with Crippen LogP contribution in [-0.4, -0.2) is 28.2 Å². The van der Waals surface area contributed by atoms with Crippen molar-refractivity contribution in [3.63, 3.8) is 0 Å². The molecule has 0 saturated heterocycles. The molecular formula is C14H9ClFN3O4S. The highest BCUT2D eigenvalue weighted by molar-refractivity contribution is 7.86. The monoisotopic (exact) mass is 369 g/mol. The average molecular weight is 370 g/mol. The number of halogens is 2. The quantitative estimate of drug-likeness (QED) is 0.556. The Labute approximate surface area is 140 Å². The van der Waals surface area contributed by atoms with Crippen LogP contribution < -0.4 is 0 Å². The third kappa shape index (κ3) is 3.28. The average Bonchev–Trinajstić information content (AvgIpc) is 2.98. The Morgan fingerprint density at radius 1 is 1.17 bits per heavy atom. The first-order chi connectivity index (χ1) is 11.4. The van der Waals surface area contributed by atoms with Gasteiger partial charge in [0, 0.05) is 11.8 Å². The van der Waals surface area contributed by atoms with Crippen molar-refractivity contribution in [2.45, 2.75) is 5.25 Å². The normalized spacial score (nSPS) is 13.0. The van der Waals surface area contributed by atoms with E-state index in [1.54, 1.807) is 6.07 Å². The second kappa shape index (κ2) is 6.27. The molecule has 0 bridgehead atoms. The molecule has 10 heteroatoms. The maximum atomic E-state index is 13.8. The summed E-state index contributed by atoms with van der Waals surface area (Å²) in [6, 6.07) is 8.34. The van der Waals surface area contributed by atoms with Crippen molar-refractivity contribution < 1.29 is 21.8 Å². The number of hydrogen-bond acceptors (Lipinski definition) is 6. The predicted octanol–water partition coefficient (Wildman–Crippen LogP) is 2.90. The number of nitrogens with zero attached hydrogens (tertiary/aromatic N) is 3. The Bertz CT molecular complexity index is 976. The number of hydrogen-bond donors (Lipinski definition) is 1. The summed E-state index contributed by atoms with van der Waals surface area (Å²) in [5.74, 6) is -1.23. The second-order valence-corrected chi connectivity index (χ2v) is 6.62. The number of benzene rings is 1. The zero-order valence-electron chi connectivity index (χ0n) is 11.8. The summed E-state index contributed by atoms with van der Waals surface area (Å²) in [7, 11) is -4.64. The molecule has 7 nitrogen and oxygen atoms in total. The zero-order chi connectivity index (χ0) is 17.3. The third-order valence-electron chi connectivity index (χ3n) is 3.12. The van der Waals surface area contributed by atoms with E-state index in [4.69, 9.17) is 16.0 Å². The van der Waals surface area contributed by atoms with Gasteiger partial charge in [-0.1, -0.05) is 29.8 Å². The highest BCUT2D eigenvalue weighted by Gasteiger charge is 2.33. The van der Waals surface area contributed by atoms with Crippen LogP contribution in [0.2, 0.25) is 5.15 Å². The zero-order valence-corrected chi connectivity index (χ0v) is 13.4. The van der Waals surface area contributed by atoms with E-state index in [1.165, 1.54) is 30.3 Å². The highest BCUT2D eigenvalue weighted by atomic mass is 35.5. The molecule has 2 aromatic heterocycles. The summed E-state index contributed by atoms with van der Waals surface area (Å²) in [6.45, 7) is 0. The van der Waals surface area contributed by atoms with Gasteiger partial charge in [0.25, 0.3) is 16.0 Å². The lowest BCUT2D eigenvalue weighted by Crippen LogP contribution is -2.14. The van der Waals surface area contributed by atoms with Crippen LogP contribution in [0.3, 0.4) is 0 Å². The van der Waals surface area contributed by atoms with Gasteiger partial charge in [0.15, 0.2) is 5.25 Å². The summed E-state index contributed by atoms with van der Waals surface area (Å²) in [5, 5.41) is 5.75. The van der Waals surface area contributed by atoms with Crippen molar-refractivity contribution in [2.75, 3.05) is 0 Å². The van der Waals surface area contributed by atoms with Crippen LogP contribution in [0.1, 0.15) is 16.7 Å². The lowest BCUT2D eigenvalue weighted by Gasteiger charge is -2.09. The molecule has 1 aromatic carbocycles. The van der Waals surface area contributed by atoms with Crippen molar-refractivity contribution in [1.29, 1.82) is 0 Å². The minimum absolute atomic E-state index is 0.0135. The molecule has 24 heavy (non-hydrogen) atoms. The lowest BCUT2D eigenvalue weighted by atomic mass is 10.2. The molecule has 0 aliphatic heterocycles. The molecule has 3 rings (SSSR count).